The van der Waals surface area contributed by atoms with E-state index in [1.165, 1.54) is 37.4 Å². The Morgan fingerprint density at radius 2 is 1.83 bits per heavy atom. The first-order valence-electron chi connectivity index (χ1n) is 8.77. The normalized spacial score (nSPS) is 11.9. The molecule has 0 fully saturated rings. The van der Waals surface area contributed by atoms with E-state index in [0.717, 1.165) is 0 Å². The Bertz CT molecular complexity index is 1310. The van der Waals surface area contributed by atoms with Crippen molar-refractivity contribution in [3.63, 3.8) is 0 Å². The first-order valence-corrected chi connectivity index (χ1v) is 8.77. The molecule has 4 rings (SSSR count). The molecule has 0 unspecified atom stereocenters. The summed E-state index contributed by atoms with van der Waals surface area (Å²) in [7, 11) is 3.04. The highest BCUT2D eigenvalue weighted by atomic mass is 19.1. The standard InChI is InChI=1S/C22H16F2N2O3/c1-25-17-9-19-13(7-15(17)23)21(11-5-3-4-6-12(11)22(27)28)14-8-16(24)18(26-2)10-20(14)29-19/h3-10,25H,1-2H3,(H,27,28). The summed E-state index contributed by atoms with van der Waals surface area (Å²) >= 11 is 0. The molecule has 2 N–H and O–H groups in total. The van der Waals surface area contributed by atoms with Gasteiger partial charge in [-0.3, -0.25) is 4.99 Å². The van der Waals surface area contributed by atoms with Gasteiger partial charge >= 0.3 is 5.97 Å². The third-order valence-electron chi connectivity index (χ3n) is 4.81. The number of nitrogens with one attached hydrogen (secondary N) is 1. The van der Waals surface area contributed by atoms with Crippen molar-refractivity contribution < 1.29 is 23.1 Å². The molecule has 1 aliphatic carbocycles. The Balaban J connectivity index is 2.25. The number of halogens is 2. The summed E-state index contributed by atoms with van der Waals surface area (Å²) in [4.78, 5) is 15.7. The Morgan fingerprint density at radius 1 is 1.07 bits per heavy atom. The van der Waals surface area contributed by atoms with Crippen LogP contribution in [0.15, 0.2) is 57.9 Å². The molecular weight excluding hydrogens is 378 g/mol. The number of benzene rings is 3. The molecule has 1 aliphatic heterocycles. The topological polar surface area (TPSA) is 74.8 Å². The fourth-order valence-corrected chi connectivity index (χ4v) is 3.46. The Morgan fingerprint density at radius 3 is 2.52 bits per heavy atom. The van der Waals surface area contributed by atoms with E-state index in [9.17, 15) is 18.7 Å². The van der Waals surface area contributed by atoms with E-state index in [1.54, 1.807) is 25.2 Å². The van der Waals surface area contributed by atoms with Crippen molar-refractivity contribution in [3.8, 4) is 22.5 Å². The van der Waals surface area contributed by atoms with Crippen LogP contribution in [-0.4, -0.2) is 25.2 Å². The highest BCUT2D eigenvalue weighted by molar-refractivity contribution is 6.07. The van der Waals surface area contributed by atoms with Gasteiger partial charge in [-0.25, -0.2) is 13.6 Å². The number of carboxylic acid groups (broad SMARTS) is 1. The largest absolute Gasteiger partial charge is 0.478 e. The van der Waals surface area contributed by atoms with Crippen molar-refractivity contribution in [3.05, 3.63) is 71.1 Å². The summed E-state index contributed by atoms with van der Waals surface area (Å²) in [5.74, 6) is -1.96. The van der Waals surface area contributed by atoms with Gasteiger partial charge in [0.2, 0.25) is 0 Å². The van der Waals surface area contributed by atoms with Crippen LogP contribution in [0.3, 0.4) is 0 Å². The third-order valence-corrected chi connectivity index (χ3v) is 4.81. The van der Waals surface area contributed by atoms with Crippen LogP contribution in [0.5, 0.6) is 0 Å². The van der Waals surface area contributed by atoms with E-state index in [2.05, 4.69) is 10.3 Å². The third kappa shape index (κ3) is 3.00. The second-order valence-corrected chi connectivity index (χ2v) is 6.43. The Labute approximate surface area is 164 Å². The van der Waals surface area contributed by atoms with Crippen molar-refractivity contribution in [2.24, 2.45) is 4.99 Å². The molecule has 0 saturated heterocycles. The molecule has 0 aromatic heterocycles. The molecule has 0 amide bonds. The van der Waals surface area contributed by atoms with Crippen molar-refractivity contribution in [1.29, 1.82) is 0 Å². The molecule has 1 heterocycles. The van der Waals surface area contributed by atoms with Crippen LogP contribution in [-0.2, 0) is 0 Å². The van der Waals surface area contributed by atoms with Gasteiger partial charge in [-0.2, -0.15) is 0 Å². The van der Waals surface area contributed by atoms with Gasteiger partial charge in [0.1, 0.15) is 23.0 Å². The molecule has 2 aliphatic rings. The van der Waals surface area contributed by atoms with Crippen LogP contribution < -0.4 is 10.7 Å². The molecule has 0 bridgehead atoms. The van der Waals surface area contributed by atoms with Crippen LogP contribution in [0, 0.1) is 11.6 Å². The highest BCUT2D eigenvalue weighted by Gasteiger charge is 2.23. The van der Waals surface area contributed by atoms with Crippen LogP contribution in [0.2, 0.25) is 0 Å². The highest BCUT2D eigenvalue weighted by Crippen LogP contribution is 2.42. The minimum Gasteiger partial charge on any atom is -0.478 e. The molecule has 2 aromatic rings. The Hall–Kier alpha value is -3.74. The van der Waals surface area contributed by atoms with Gasteiger partial charge in [-0.05, 0) is 23.8 Å². The number of rotatable bonds is 3. The lowest BCUT2D eigenvalue weighted by atomic mass is 9.90. The maximum Gasteiger partial charge on any atom is 0.336 e. The fraction of sp³-hybridized carbons (Fsp3) is 0.0909. The summed E-state index contributed by atoms with van der Waals surface area (Å²) in [5.41, 5.74) is 1.61. The van der Waals surface area contributed by atoms with E-state index in [4.69, 9.17) is 4.42 Å². The summed E-state index contributed by atoms with van der Waals surface area (Å²) in [6.07, 6.45) is 0. The fourth-order valence-electron chi connectivity index (χ4n) is 3.46. The monoisotopic (exact) mass is 394 g/mol. The maximum atomic E-state index is 14.6. The summed E-state index contributed by atoms with van der Waals surface area (Å²) in [5, 5.41) is 12.8. The average Bonchev–Trinajstić information content (AvgIpc) is 2.71. The lowest BCUT2D eigenvalue weighted by Gasteiger charge is -2.18. The average molecular weight is 394 g/mol. The summed E-state index contributed by atoms with van der Waals surface area (Å²) in [6.45, 7) is 0. The van der Waals surface area contributed by atoms with Gasteiger partial charge in [0, 0.05) is 42.7 Å². The molecule has 0 saturated carbocycles. The van der Waals surface area contributed by atoms with Crippen LogP contribution in [0.1, 0.15) is 10.4 Å². The van der Waals surface area contributed by atoms with Crippen molar-refractivity contribution in [1.82, 2.24) is 0 Å². The number of nitrogens with zero attached hydrogens (tertiary/aromatic N) is 1. The number of hydrogen-bond donors (Lipinski definition) is 2. The molecule has 7 heteroatoms. The predicted molar refractivity (Wildman–Crippen MR) is 106 cm³/mol. The first kappa shape index (κ1) is 18.6. The summed E-state index contributed by atoms with van der Waals surface area (Å²) in [6, 6.07) is 11.8. The van der Waals surface area contributed by atoms with E-state index in [1.807, 2.05) is 0 Å². The SMILES string of the molecule is CN=c1cc2oc3cc(NC)c(F)cc3c(-c3ccccc3C(=O)O)c-2cc1F. The number of aromatic carboxylic acids is 1. The van der Waals surface area contributed by atoms with Gasteiger partial charge in [0.15, 0.2) is 0 Å². The minimum atomic E-state index is -1.14. The number of carboxylic acids is 1. The van der Waals surface area contributed by atoms with Gasteiger partial charge in [-0.15, -0.1) is 0 Å². The quantitative estimate of drug-likeness (QED) is 0.492. The zero-order valence-electron chi connectivity index (χ0n) is 15.6. The van der Waals surface area contributed by atoms with Crippen molar-refractivity contribution in [2.75, 3.05) is 19.4 Å². The smallest absolute Gasteiger partial charge is 0.336 e. The van der Waals surface area contributed by atoms with E-state index < -0.39 is 17.6 Å². The second kappa shape index (κ2) is 7.01. The zero-order valence-corrected chi connectivity index (χ0v) is 15.6. The minimum absolute atomic E-state index is 0.0177. The predicted octanol–water partition coefficient (Wildman–Crippen LogP) is 4.75. The van der Waals surface area contributed by atoms with E-state index in [-0.39, 0.29) is 16.6 Å². The molecular formula is C22H16F2N2O3. The van der Waals surface area contributed by atoms with Gasteiger partial charge in [0.05, 0.1) is 16.6 Å². The van der Waals surface area contributed by atoms with Gasteiger partial charge in [-0.1, -0.05) is 18.2 Å². The molecule has 29 heavy (non-hydrogen) atoms. The van der Waals surface area contributed by atoms with Crippen molar-refractivity contribution >= 4 is 22.6 Å². The molecule has 0 spiro atoms. The molecule has 146 valence electrons. The number of hydrogen-bond acceptors (Lipinski definition) is 4. The van der Waals surface area contributed by atoms with Crippen LogP contribution >= 0.6 is 0 Å². The zero-order chi connectivity index (χ0) is 20.7. The van der Waals surface area contributed by atoms with Crippen LogP contribution in [0.25, 0.3) is 33.4 Å². The van der Waals surface area contributed by atoms with Crippen molar-refractivity contribution in [2.45, 2.75) is 0 Å². The Kier molecular flexibility index (Phi) is 4.50. The maximum absolute atomic E-state index is 14.6. The number of anilines is 1. The van der Waals surface area contributed by atoms with E-state index >= 15 is 0 Å². The first-order chi connectivity index (χ1) is 13.9. The van der Waals surface area contributed by atoms with Gasteiger partial charge < -0.3 is 14.8 Å². The van der Waals surface area contributed by atoms with Crippen LogP contribution in [0.4, 0.5) is 14.5 Å². The second-order valence-electron chi connectivity index (χ2n) is 6.43. The van der Waals surface area contributed by atoms with E-state index in [0.29, 0.717) is 33.4 Å². The molecule has 0 atom stereocenters. The molecule has 5 nitrogen and oxygen atoms in total. The lowest BCUT2D eigenvalue weighted by Crippen LogP contribution is -2.09. The number of carbonyl (C=O) groups is 1. The lowest BCUT2D eigenvalue weighted by molar-refractivity contribution is 0.0697. The molecule has 0 radical (unpaired) electrons. The number of fused-ring (bicyclic) bond motifs is 2. The van der Waals surface area contributed by atoms with Gasteiger partial charge in [0.25, 0.3) is 0 Å². The summed E-state index contributed by atoms with van der Waals surface area (Å²) < 4.78 is 35.0. The molecule has 2 aromatic carbocycles.